The molecule has 0 unspecified atom stereocenters. The predicted molar refractivity (Wildman–Crippen MR) is 146 cm³/mol. The van der Waals surface area contributed by atoms with Gasteiger partial charge < -0.3 is 19.7 Å². The van der Waals surface area contributed by atoms with E-state index in [1.807, 2.05) is 16.9 Å². The molecule has 4 heterocycles. The molecule has 2 aromatic rings. The lowest BCUT2D eigenvalue weighted by Crippen LogP contribution is -2.44. The highest BCUT2D eigenvalue weighted by Crippen LogP contribution is 2.32. The van der Waals surface area contributed by atoms with Crippen LogP contribution in [-0.4, -0.2) is 78.7 Å². The Morgan fingerprint density at radius 2 is 2.08 bits per heavy atom. The van der Waals surface area contributed by atoms with Gasteiger partial charge in [-0.1, -0.05) is 0 Å². The second-order valence-electron chi connectivity index (χ2n) is 10.1. The van der Waals surface area contributed by atoms with E-state index in [9.17, 15) is 19.6 Å². The minimum atomic E-state index is -0.437. The van der Waals surface area contributed by atoms with Crippen LogP contribution in [0.5, 0.6) is 0 Å². The first-order valence-electron chi connectivity index (χ1n) is 13.3. The maximum Gasteiger partial charge on any atom is 0.328 e. The lowest BCUT2D eigenvalue weighted by Gasteiger charge is -2.36. The summed E-state index contributed by atoms with van der Waals surface area (Å²) in [5, 5.41) is 15.7. The Morgan fingerprint density at radius 3 is 2.75 bits per heavy atom. The molecule has 0 radical (unpaired) electrons. The van der Waals surface area contributed by atoms with Crippen LogP contribution in [0.15, 0.2) is 24.0 Å². The van der Waals surface area contributed by atoms with Crippen LogP contribution in [0, 0.1) is 11.3 Å². The fourth-order valence-corrected chi connectivity index (χ4v) is 5.47. The van der Waals surface area contributed by atoms with Gasteiger partial charge >= 0.3 is 6.03 Å². The molecule has 2 amide bonds. The quantitative estimate of drug-likeness (QED) is 0.374. The molecular formula is C28H31N7O5. The molecule has 1 aliphatic carbocycles. The first-order chi connectivity index (χ1) is 19.5. The number of nitrogens with zero attached hydrogens (tertiary/aromatic N) is 5. The maximum atomic E-state index is 13.4. The van der Waals surface area contributed by atoms with E-state index in [0.717, 1.165) is 18.4 Å². The minimum Gasteiger partial charge on any atom is -0.379 e. The fourth-order valence-electron chi connectivity index (χ4n) is 5.47. The molecule has 1 saturated carbocycles. The van der Waals surface area contributed by atoms with Gasteiger partial charge in [0, 0.05) is 51.7 Å². The van der Waals surface area contributed by atoms with E-state index < -0.39 is 6.03 Å². The number of likely N-dealkylation sites (tertiary alicyclic amines) is 1. The van der Waals surface area contributed by atoms with Crippen molar-refractivity contribution in [1.29, 1.82) is 5.26 Å². The molecule has 1 saturated heterocycles. The number of nitrogens with one attached hydrogen (secondary N) is 2. The molecule has 3 atom stereocenters. The largest absolute Gasteiger partial charge is 0.379 e. The number of rotatable bonds is 8. The van der Waals surface area contributed by atoms with E-state index in [-0.39, 0.29) is 29.8 Å². The molecule has 2 fully saturated rings. The van der Waals surface area contributed by atoms with Gasteiger partial charge in [-0.05, 0) is 43.7 Å². The summed E-state index contributed by atoms with van der Waals surface area (Å²) in [6.07, 6.45) is 5.78. The number of carbonyl (C=O) groups is 2. The SMILES string of the molecule is CO[C@H]1CCN(Cc2cc3c(nc2C=O)N(C(=O)Nc2cc(N[C@H]4CC[C@@H]4OC)c(C#N)cn2)CCC3)C1=C=O. The van der Waals surface area contributed by atoms with Crippen molar-refractivity contribution in [3.63, 3.8) is 0 Å². The summed E-state index contributed by atoms with van der Waals surface area (Å²) in [6.45, 7) is 1.34. The fraction of sp³-hybridized carbons (Fsp3) is 0.464. The Morgan fingerprint density at radius 1 is 1.23 bits per heavy atom. The molecule has 5 rings (SSSR count). The topological polar surface area (TPSA) is 150 Å². The molecule has 12 heteroatoms. The summed E-state index contributed by atoms with van der Waals surface area (Å²) in [4.78, 5) is 49.1. The Labute approximate surface area is 232 Å². The van der Waals surface area contributed by atoms with Gasteiger partial charge in [0.05, 0.1) is 23.4 Å². The normalized spacial score (nSPS) is 21.6. The van der Waals surface area contributed by atoms with Crippen molar-refractivity contribution >= 4 is 35.6 Å². The number of hydrogen-bond acceptors (Lipinski definition) is 10. The number of aromatic nitrogens is 2. The molecule has 3 aliphatic rings. The monoisotopic (exact) mass is 545 g/mol. The molecule has 2 aromatic heterocycles. The number of ether oxygens (including phenoxy) is 2. The highest BCUT2D eigenvalue weighted by molar-refractivity contribution is 6.01. The average Bonchev–Trinajstić information content (AvgIpc) is 3.36. The molecule has 2 aliphatic heterocycles. The van der Waals surface area contributed by atoms with E-state index in [4.69, 9.17) is 9.47 Å². The minimum absolute atomic E-state index is 0.0681. The van der Waals surface area contributed by atoms with Gasteiger partial charge in [0.25, 0.3) is 0 Å². The van der Waals surface area contributed by atoms with Crippen LogP contribution in [0.1, 0.15) is 52.9 Å². The molecular weight excluding hydrogens is 514 g/mol. The van der Waals surface area contributed by atoms with E-state index in [2.05, 4.69) is 26.7 Å². The van der Waals surface area contributed by atoms with Gasteiger partial charge in [-0.3, -0.25) is 15.0 Å². The van der Waals surface area contributed by atoms with E-state index >= 15 is 0 Å². The van der Waals surface area contributed by atoms with Gasteiger partial charge in [-0.15, -0.1) is 0 Å². The molecule has 0 spiro atoms. The van der Waals surface area contributed by atoms with Crippen molar-refractivity contribution in [1.82, 2.24) is 14.9 Å². The molecule has 2 N–H and O–H groups in total. The van der Waals surface area contributed by atoms with Gasteiger partial charge in [0.2, 0.25) is 0 Å². The zero-order chi connectivity index (χ0) is 28.2. The number of amides is 2. The van der Waals surface area contributed by atoms with Crippen molar-refractivity contribution in [3.8, 4) is 6.07 Å². The summed E-state index contributed by atoms with van der Waals surface area (Å²) in [6, 6.07) is 5.30. The van der Waals surface area contributed by atoms with Gasteiger partial charge in [-0.25, -0.2) is 19.6 Å². The first-order valence-corrected chi connectivity index (χ1v) is 13.3. The smallest absolute Gasteiger partial charge is 0.328 e. The van der Waals surface area contributed by atoms with Crippen molar-refractivity contribution in [3.05, 3.63) is 46.4 Å². The number of carbonyl (C=O) groups excluding carboxylic acids is 3. The van der Waals surface area contributed by atoms with Crippen molar-refractivity contribution in [2.24, 2.45) is 0 Å². The number of aryl methyl sites for hydroxylation is 1. The van der Waals surface area contributed by atoms with Crippen LogP contribution in [-0.2, 0) is 27.2 Å². The summed E-state index contributed by atoms with van der Waals surface area (Å²) in [7, 11) is 3.21. The summed E-state index contributed by atoms with van der Waals surface area (Å²) in [5.74, 6) is 2.68. The Kier molecular flexibility index (Phi) is 8.07. The third-order valence-corrected chi connectivity index (χ3v) is 7.80. The zero-order valence-corrected chi connectivity index (χ0v) is 22.5. The van der Waals surface area contributed by atoms with Crippen LogP contribution in [0.25, 0.3) is 0 Å². The number of urea groups is 1. The number of fused-ring (bicyclic) bond motifs is 1. The first kappa shape index (κ1) is 27.3. The maximum absolute atomic E-state index is 13.4. The van der Waals surface area contributed by atoms with E-state index in [1.165, 1.54) is 11.1 Å². The van der Waals surface area contributed by atoms with Crippen molar-refractivity contribution in [2.45, 2.75) is 56.9 Å². The van der Waals surface area contributed by atoms with Crippen LogP contribution in [0.3, 0.4) is 0 Å². The molecule has 0 bridgehead atoms. The zero-order valence-electron chi connectivity index (χ0n) is 22.5. The molecule has 12 nitrogen and oxygen atoms in total. The summed E-state index contributed by atoms with van der Waals surface area (Å²) >= 11 is 0. The van der Waals surface area contributed by atoms with Crippen LogP contribution in [0.2, 0.25) is 0 Å². The predicted octanol–water partition coefficient (Wildman–Crippen LogP) is 2.67. The number of nitriles is 1. The molecule has 0 aromatic carbocycles. The highest BCUT2D eigenvalue weighted by Gasteiger charge is 2.33. The Balaban J connectivity index is 1.35. The van der Waals surface area contributed by atoms with Crippen LogP contribution in [0.4, 0.5) is 22.1 Å². The number of methoxy groups -OCH3 is 2. The van der Waals surface area contributed by atoms with Crippen molar-refractivity contribution in [2.75, 3.05) is 42.8 Å². The standard InChI is InChI=1S/C28H31N7O5/c1-39-24-6-5-20(24)31-21-11-26(30-13-19(21)12-29)33-28(38)35-8-3-4-17-10-18(22(15-36)32-27(17)35)14-34-9-7-25(40-2)23(34)16-37/h10-11,13,15,20,24-25H,3-9,14H2,1-2H3,(H2,30,31,33,38)/t20-,24-,25-/m0/s1. The van der Waals surface area contributed by atoms with E-state index in [0.29, 0.717) is 73.5 Å². The Bertz CT molecular complexity index is 1400. The number of anilines is 3. The second-order valence-corrected chi connectivity index (χ2v) is 10.1. The van der Waals surface area contributed by atoms with Crippen LogP contribution < -0.4 is 15.5 Å². The third-order valence-electron chi connectivity index (χ3n) is 7.80. The third kappa shape index (κ3) is 5.27. The Hall–Kier alpha value is -4.30. The molecule has 40 heavy (non-hydrogen) atoms. The van der Waals surface area contributed by atoms with Gasteiger partial charge in [0.1, 0.15) is 41.1 Å². The second kappa shape index (κ2) is 11.8. The molecule has 208 valence electrons. The van der Waals surface area contributed by atoms with Crippen LogP contribution >= 0.6 is 0 Å². The average molecular weight is 546 g/mol. The number of aldehydes is 1. The lowest BCUT2D eigenvalue weighted by atomic mass is 9.88. The van der Waals surface area contributed by atoms with Crippen molar-refractivity contribution < 1.29 is 23.9 Å². The number of hydrogen-bond donors (Lipinski definition) is 2. The van der Waals surface area contributed by atoms with Gasteiger partial charge in [-0.2, -0.15) is 5.26 Å². The lowest BCUT2D eigenvalue weighted by molar-refractivity contribution is 0.0286. The number of pyridine rings is 2. The van der Waals surface area contributed by atoms with E-state index in [1.54, 1.807) is 20.3 Å². The summed E-state index contributed by atoms with van der Waals surface area (Å²) in [5.41, 5.74) is 3.10. The highest BCUT2D eigenvalue weighted by atomic mass is 16.5. The summed E-state index contributed by atoms with van der Waals surface area (Å²) < 4.78 is 10.8. The van der Waals surface area contributed by atoms with Gasteiger partial charge in [0.15, 0.2) is 6.29 Å².